The van der Waals surface area contributed by atoms with Crippen LogP contribution in [0, 0.1) is 5.92 Å². The van der Waals surface area contributed by atoms with Crippen LogP contribution in [0.3, 0.4) is 0 Å². The SMILES string of the molecule is CCN(C(=O)c1c[nH]c(=O)[nH]c1=O)C1CCCCC1CN. The van der Waals surface area contributed by atoms with Gasteiger partial charge >= 0.3 is 5.69 Å². The molecule has 116 valence electrons. The molecule has 1 heterocycles. The Hall–Kier alpha value is -1.89. The average molecular weight is 294 g/mol. The Morgan fingerprint density at radius 2 is 2.10 bits per heavy atom. The zero-order valence-electron chi connectivity index (χ0n) is 12.2. The quantitative estimate of drug-likeness (QED) is 0.728. The number of hydrogen-bond donors (Lipinski definition) is 3. The van der Waals surface area contributed by atoms with E-state index in [2.05, 4.69) is 9.97 Å². The van der Waals surface area contributed by atoms with E-state index in [-0.39, 0.29) is 23.4 Å². The predicted molar refractivity (Wildman–Crippen MR) is 79.2 cm³/mol. The lowest BCUT2D eigenvalue weighted by Crippen LogP contribution is -2.49. The molecule has 1 fully saturated rings. The molecule has 21 heavy (non-hydrogen) atoms. The Balaban J connectivity index is 2.29. The van der Waals surface area contributed by atoms with Gasteiger partial charge in [-0.15, -0.1) is 0 Å². The summed E-state index contributed by atoms with van der Waals surface area (Å²) >= 11 is 0. The summed E-state index contributed by atoms with van der Waals surface area (Å²) < 4.78 is 0. The predicted octanol–water partition coefficient (Wildman–Crippen LogP) is 0.0428. The smallest absolute Gasteiger partial charge is 0.325 e. The Labute approximate surface area is 122 Å². The number of aromatic amines is 2. The van der Waals surface area contributed by atoms with Crippen molar-refractivity contribution in [2.75, 3.05) is 13.1 Å². The van der Waals surface area contributed by atoms with Crippen LogP contribution in [-0.2, 0) is 0 Å². The molecule has 2 atom stereocenters. The first-order chi connectivity index (χ1) is 10.1. The lowest BCUT2D eigenvalue weighted by atomic mass is 9.83. The molecule has 7 nitrogen and oxygen atoms in total. The minimum Gasteiger partial charge on any atom is -0.335 e. The molecule has 0 saturated heterocycles. The maximum absolute atomic E-state index is 12.6. The molecule has 2 unspecified atom stereocenters. The first-order valence-corrected chi connectivity index (χ1v) is 7.41. The van der Waals surface area contributed by atoms with Crippen molar-refractivity contribution in [1.82, 2.24) is 14.9 Å². The number of nitrogens with two attached hydrogens (primary N) is 1. The molecule has 7 heteroatoms. The average Bonchev–Trinajstić information content (AvgIpc) is 2.48. The third-order valence-corrected chi connectivity index (χ3v) is 4.22. The molecule has 1 aromatic rings. The highest BCUT2D eigenvalue weighted by atomic mass is 16.2. The Morgan fingerprint density at radius 3 is 2.71 bits per heavy atom. The largest absolute Gasteiger partial charge is 0.335 e. The summed E-state index contributed by atoms with van der Waals surface area (Å²) in [5.74, 6) is -0.0788. The summed E-state index contributed by atoms with van der Waals surface area (Å²) in [6, 6.07) is 0.0626. The lowest BCUT2D eigenvalue weighted by Gasteiger charge is -2.39. The molecule has 4 N–H and O–H groups in total. The normalized spacial score (nSPS) is 22.0. The van der Waals surface area contributed by atoms with Gasteiger partial charge in [-0.3, -0.25) is 14.6 Å². The number of amides is 1. The van der Waals surface area contributed by atoms with Crippen LogP contribution in [0.25, 0.3) is 0 Å². The summed E-state index contributed by atoms with van der Waals surface area (Å²) in [5, 5.41) is 0. The number of H-pyrrole nitrogens is 2. The van der Waals surface area contributed by atoms with Crippen molar-refractivity contribution < 1.29 is 4.79 Å². The fraction of sp³-hybridized carbons (Fsp3) is 0.643. The Kier molecular flexibility index (Phi) is 4.95. The van der Waals surface area contributed by atoms with E-state index in [0.717, 1.165) is 25.7 Å². The first kappa shape index (κ1) is 15.5. The van der Waals surface area contributed by atoms with Crippen LogP contribution in [0.1, 0.15) is 43.0 Å². The van der Waals surface area contributed by atoms with Gasteiger partial charge in [0.2, 0.25) is 0 Å². The van der Waals surface area contributed by atoms with Crippen molar-refractivity contribution in [3.05, 3.63) is 32.6 Å². The minimum atomic E-state index is -0.651. The lowest BCUT2D eigenvalue weighted by molar-refractivity contribution is 0.0557. The number of nitrogens with zero attached hydrogens (tertiary/aromatic N) is 1. The zero-order valence-corrected chi connectivity index (χ0v) is 12.2. The summed E-state index contributed by atoms with van der Waals surface area (Å²) in [4.78, 5) is 41.6. The number of aromatic nitrogens is 2. The van der Waals surface area contributed by atoms with E-state index in [0.29, 0.717) is 13.1 Å². The standard InChI is InChI=1S/C14H22N4O3/c1-2-18(11-6-4-3-5-9(11)7-15)13(20)10-8-16-14(21)17-12(10)19/h8-9,11H,2-7,15H2,1H3,(H2,16,17,19,21). The van der Waals surface area contributed by atoms with Crippen LogP contribution in [0.4, 0.5) is 0 Å². The van der Waals surface area contributed by atoms with E-state index in [1.165, 1.54) is 6.20 Å². The van der Waals surface area contributed by atoms with Gasteiger partial charge < -0.3 is 15.6 Å². The summed E-state index contributed by atoms with van der Waals surface area (Å²) in [7, 11) is 0. The molecular weight excluding hydrogens is 272 g/mol. The van der Waals surface area contributed by atoms with Gasteiger partial charge in [0.1, 0.15) is 5.56 Å². The number of carbonyl (C=O) groups excluding carboxylic acids is 1. The molecule has 0 aliphatic heterocycles. The van der Waals surface area contributed by atoms with Crippen LogP contribution in [0.15, 0.2) is 15.8 Å². The van der Waals surface area contributed by atoms with Crippen LogP contribution >= 0.6 is 0 Å². The van der Waals surface area contributed by atoms with Crippen molar-refractivity contribution in [2.24, 2.45) is 11.7 Å². The monoisotopic (exact) mass is 294 g/mol. The van der Waals surface area contributed by atoms with Crippen LogP contribution in [0.5, 0.6) is 0 Å². The second-order valence-electron chi connectivity index (χ2n) is 5.42. The molecule has 1 saturated carbocycles. The van der Waals surface area contributed by atoms with Gasteiger partial charge in [0.05, 0.1) is 0 Å². The van der Waals surface area contributed by atoms with Gasteiger partial charge in [-0.1, -0.05) is 12.8 Å². The van der Waals surface area contributed by atoms with Gasteiger partial charge in [0.15, 0.2) is 0 Å². The summed E-state index contributed by atoms with van der Waals surface area (Å²) in [5.41, 5.74) is 4.53. The van der Waals surface area contributed by atoms with Gasteiger partial charge in [0.25, 0.3) is 11.5 Å². The van der Waals surface area contributed by atoms with E-state index in [1.54, 1.807) is 4.90 Å². The molecule has 0 aromatic carbocycles. The van der Waals surface area contributed by atoms with E-state index < -0.39 is 11.2 Å². The molecule has 2 rings (SSSR count). The topological polar surface area (TPSA) is 112 Å². The van der Waals surface area contributed by atoms with Gasteiger partial charge in [-0.25, -0.2) is 4.79 Å². The van der Waals surface area contributed by atoms with Gasteiger partial charge in [-0.05, 0) is 32.2 Å². The molecule has 1 amide bonds. The molecule has 1 aliphatic rings. The number of carbonyl (C=O) groups is 1. The summed E-state index contributed by atoms with van der Waals surface area (Å²) in [6.07, 6.45) is 5.29. The molecule has 0 radical (unpaired) electrons. The highest BCUT2D eigenvalue weighted by molar-refractivity contribution is 5.93. The molecule has 0 spiro atoms. The number of nitrogens with one attached hydrogen (secondary N) is 2. The van der Waals surface area contributed by atoms with E-state index in [9.17, 15) is 14.4 Å². The fourth-order valence-corrected chi connectivity index (χ4v) is 3.13. The van der Waals surface area contributed by atoms with Crippen molar-refractivity contribution in [3.8, 4) is 0 Å². The second-order valence-corrected chi connectivity index (χ2v) is 5.42. The van der Waals surface area contributed by atoms with Gasteiger partial charge in [0, 0.05) is 18.8 Å². The van der Waals surface area contributed by atoms with E-state index >= 15 is 0 Å². The number of hydrogen-bond acceptors (Lipinski definition) is 4. The van der Waals surface area contributed by atoms with Crippen molar-refractivity contribution in [2.45, 2.75) is 38.6 Å². The Morgan fingerprint density at radius 1 is 1.38 bits per heavy atom. The summed E-state index contributed by atoms with van der Waals surface area (Å²) in [6.45, 7) is 2.94. The molecule has 1 aromatic heterocycles. The van der Waals surface area contributed by atoms with E-state index in [1.807, 2.05) is 6.92 Å². The van der Waals surface area contributed by atoms with Crippen LogP contribution in [0.2, 0.25) is 0 Å². The van der Waals surface area contributed by atoms with Crippen LogP contribution in [-0.4, -0.2) is 39.9 Å². The fourth-order valence-electron chi connectivity index (χ4n) is 3.13. The molecule has 0 bridgehead atoms. The number of rotatable bonds is 4. The molecule has 1 aliphatic carbocycles. The van der Waals surface area contributed by atoms with Crippen molar-refractivity contribution in [3.63, 3.8) is 0 Å². The third-order valence-electron chi connectivity index (χ3n) is 4.22. The van der Waals surface area contributed by atoms with Gasteiger partial charge in [-0.2, -0.15) is 0 Å². The maximum Gasteiger partial charge on any atom is 0.325 e. The maximum atomic E-state index is 12.6. The highest BCUT2D eigenvalue weighted by Crippen LogP contribution is 2.28. The van der Waals surface area contributed by atoms with Crippen molar-refractivity contribution >= 4 is 5.91 Å². The van der Waals surface area contributed by atoms with E-state index in [4.69, 9.17) is 5.73 Å². The highest BCUT2D eigenvalue weighted by Gasteiger charge is 2.32. The zero-order chi connectivity index (χ0) is 15.4. The van der Waals surface area contributed by atoms with Crippen molar-refractivity contribution in [1.29, 1.82) is 0 Å². The first-order valence-electron chi connectivity index (χ1n) is 7.41. The second kappa shape index (κ2) is 6.71. The molecular formula is C14H22N4O3. The minimum absolute atomic E-state index is 0.0298. The third kappa shape index (κ3) is 3.24. The Bertz CT molecular complexity index is 607. The van der Waals surface area contributed by atoms with Crippen LogP contribution < -0.4 is 17.0 Å².